The van der Waals surface area contributed by atoms with Crippen molar-refractivity contribution in [3.05, 3.63) is 120 Å². The highest BCUT2D eigenvalue weighted by molar-refractivity contribution is 6.18. The Morgan fingerprint density at radius 3 is 1.13 bits per heavy atom. The van der Waals surface area contributed by atoms with E-state index in [2.05, 4.69) is 123 Å². The number of hydrogen-bond donors (Lipinski definition) is 0. The fourth-order valence-electron chi connectivity index (χ4n) is 5.74. The molecular formula is C38H36. The number of aryl methyl sites for hydroxylation is 2. The van der Waals surface area contributed by atoms with Crippen molar-refractivity contribution in [2.24, 2.45) is 0 Å². The van der Waals surface area contributed by atoms with Crippen molar-refractivity contribution < 1.29 is 0 Å². The molecule has 0 nitrogen and oxygen atoms in total. The van der Waals surface area contributed by atoms with Gasteiger partial charge in [-0.1, -0.05) is 124 Å². The maximum atomic E-state index is 2.34. The van der Waals surface area contributed by atoms with Gasteiger partial charge in [0.2, 0.25) is 0 Å². The van der Waals surface area contributed by atoms with Crippen molar-refractivity contribution in [2.45, 2.75) is 52.4 Å². The Hall–Kier alpha value is -3.90. The molecule has 0 saturated heterocycles. The molecule has 0 heterocycles. The van der Waals surface area contributed by atoms with E-state index in [0.29, 0.717) is 0 Å². The van der Waals surface area contributed by atoms with Gasteiger partial charge in [-0.25, -0.2) is 0 Å². The summed E-state index contributed by atoms with van der Waals surface area (Å²) in [4.78, 5) is 0. The second kappa shape index (κ2) is 10.8. The summed E-state index contributed by atoms with van der Waals surface area (Å²) in [6.45, 7) is 4.50. The van der Waals surface area contributed by atoms with Crippen LogP contribution in [-0.4, -0.2) is 0 Å². The summed E-state index contributed by atoms with van der Waals surface area (Å²) in [7, 11) is 0. The number of benzene rings is 6. The highest BCUT2D eigenvalue weighted by Gasteiger charge is 2.08. The minimum atomic E-state index is 1.17. The van der Waals surface area contributed by atoms with Gasteiger partial charge in [0, 0.05) is 0 Å². The Morgan fingerprint density at radius 1 is 0.368 bits per heavy atom. The predicted octanol–water partition coefficient (Wildman–Crippen LogP) is 11.2. The first-order valence-corrected chi connectivity index (χ1v) is 14.3. The van der Waals surface area contributed by atoms with Gasteiger partial charge in [-0.2, -0.15) is 0 Å². The molecule has 0 aromatic heterocycles. The maximum Gasteiger partial charge on any atom is -0.00990 e. The van der Waals surface area contributed by atoms with Crippen LogP contribution < -0.4 is 0 Å². The molecule has 0 spiro atoms. The van der Waals surface area contributed by atoms with Gasteiger partial charge in [0.1, 0.15) is 0 Å². The lowest BCUT2D eigenvalue weighted by atomic mass is 9.93. The fourth-order valence-corrected chi connectivity index (χ4v) is 5.74. The zero-order valence-electron chi connectivity index (χ0n) is 22.6. The molecule has 0 unspecified atom stereocenters. The molecule has 0 aliphatic heterocycles. The molecule has 188 valence electrons. The summed E-state index contributed by atoms with van der Waals surface area (Å²) in [5.74, 6) is 0. The van der Waals surface area contributed by atoms with Crippen molar-refractivity contribution in [3.8, 4) is 22.3 Å². The van der Waals surface area contributed by atoms with E-state index < -0.39 is 0 Å². The van der Waals surface area contributed by atoms with Crippen LogP contribution in [-0.2, 0) is 12.8 Å². The van der Waals surface area contributed by atoms with Crippen molar-refractivity contribution in [1.29, 1.82) is 0 Å². The van der Waals surface area contributed by atoms with Gasteiger partial charge in [0.15, 0.2) is 0 Å². The normalized spacial score (nSPS) is 11.5. The Labute approximate surface area is 227 Å². The van der Waals surface area contributed by atoms with E-state index in [1.807, 2.05) is 0 Å². The molecule has 0 saturated carbocycles. The highest BCUT2D eigenvalue weighted by atomic mass is 14.1. The molecule has 6 aromatic rings. The maximum absolute atomic E-state index is 2.34. The van der Waals surface area contributed by atoms with Gasteiger partial charge in [0.25, 0.3) is 0 Å². The zero-order valence-corrected chi connectivity index (χ0v) is 22.6. The van der Waals surface area contributed by atoms with Crippen LogP contribution >= 0.6 is 0 Å². The Kier molecular flexibility index (Phi) is 6.97. The van der Waals surface area contributed by atoms with E-state index in [1.165, 1.54) is 104 Å². The second-order valence-electron chi connectivity index (χ2n) is 10.7. The van der Waals surface area contributed by atoms with E-state index in [0.717, 1.165) is 0 Å². The quantitative estimate of drug-likeness (QED) is 0.185. The molecule has 6 rings (SSSR count). The number of hydrogen-bond acceptors (Lipinski definition) is 0. The lowest BCUT2D eigenvalue weighted by molar-refractivity contribution is 0.795. The smallest absolute Gasteiger partial charge is 0.00990 e. The van der Waals surface area contributed by atoms with E-state index in [-0.39, 0.29) is 0 Å². The first-order chi connectivity index (χ1) is 18.7. The molecule has 0 fully saturated rings. The van der Waals surface area contributed by atoms with E-state index >= 15 is 0 Å². The number of fused-ring (bicyclic) bond motifs is 5. The molecular weight excluding hydrogens is 456 g/mol. The van der Waals surface area contributed by atoms with E-state index in [1.54, 1.807) is 0 Å². The summed E-state index contributed by atoms with van der Waals surface area (Å²) in [5, 5.41) is 7.88. The van der Waals surface area contributed by atoms with Crippen LogP contribution in [0.3, 0.4) is 0 Å². The van der Waals surface area contributed by atoms with E-state index in [9.17, 15) is 0 Å². The van der Waals surface area contributed by atoms with Gasteiger partial charge in [-0.05, 0) is 104 Å². The monoisotopic (exact) mass is 492 g/mol. The number of rotatable bonds is 8. The molecule has 0 atom stereocenters. The van der Waals surface area contributed by atoms with Crippen LogP contribution in [0.1, 0.15) is 50.7 Å². The third-order valence-electron chi connectivity index (χ3n) is 8.05. The molecule has 0 aliphatic rings. The zero-order chi connectivity index (χ0) is 25.9. The standard InChI is InChI=1S/C38H36/c1-3-5-7-27-9-13-29(14-10-27)31-17-21-35-33(25-31)19-23-38-36-22-18-32(26-34(36)20-24-37(35)38)30-15-11-28(12-16-30)8-6-4-2/h9-26H,3-8H2,1-2H3. The van der Waals surface area contributed by atoms with Crippen molar-refractivity contribution in [3.63, 3.8) is 0 Å². The summed E-state index contributed by atoms with van der Waals surface area (Å²) in [6, 6.07) is 41.3. The summed E-state index contributed by atoms with van der Waals surface area (Å²) in [6.07, 6.45) is 7.32. The predicted molar refractivity (Wildman–Crippen MR) is 167 cm³/mol. The van der Waals surface area contributed by atoms with Crippen LogP contribution in [0.4, 0.5) is 0 Å². The van der Waals surface area contributed by atoms with Gasteiger partial charge in [0.05, 0.1) is 0 Å². The summed E-state index contributed by atoms with van der Waals surface area (Å²) < 4.78 is 0. The second-order valence-corrected chi connectivity index (χ2v) is 10.7. The number of unbranched alkanes of at least 4 members (excludes halogenated alkanes) is 2. The first kappa shape index (κ1) is 24.4. The van der Waals surface area contributed by atoms with E-state index in [4.69, 9.17) is 0 Å². The minimum absolute atomic E-state index is 1.17. The highest BCUT2D eigenvalue weighted by Crippen LogP contribution is 2.35. The molecule has 38 heavy (non-hydrogen) atoms. The lowest BCUT2D eigenvalue weighted by Crippen LogP contribution is -1.87. The van der Waals surface area contributed by atoms with Gasteiger partial charge in [-0.3, -0.25) is 0 Å². The molecule has 0 aliphatic carbocycles. The van der Waals surface area contributed by atoms with Crippen LogP contribution in [0.25, 0.3) is 54.6 Å². The average Bonchev–Trinajstić information content (AvgIpc) is 2.98. The minimum Gasteiger partial charge on any atom is -0.0654 e. The van der Waals surface area contributed by atoms with Gasteiger partial charge >= 0.3 is 0 Å². The van der Waals surface area contributed by atoms with Crippen LogP contribution in [0.2, 0.25) is 0 Å². The Bertz CT molecular complexity index is 1570. The lowest BCUT2D eigenvalue weighted by Gasteiger charge is -2.11. The third-order valence-corrected chi connectivity index (χ3v) is 8.05. The van der Waals surface area contributed by atoms with Crippen molar-refractivity contribution in [1.82, 2.24) is 0 Å². The topological polar surface area (TPSA) is 0 Å². The molecule has 0 heteroatoms. The van der Waals surface area contributed by atoms with Crippen LogP contribution in [0, 0.1) is 0 Å². The molecule has 0 radical (unpaired) electrons. The SMILES string of the molecule is CCCCc1ccc(-c2ccc3c(ccc4c5ccc(-c6ccc(CCCC)cc6)cc5ccc34)c2)cc1. The molecule has 0 bridgehead atoms. The first-order valence-electron chi connectivity index (χ1n) is 14.3. The van der Waals surface area contributed by atoms with Crippen LogP contribution in [0.15, 0.2) is 109 Å². The fraction of sp³-hybridized carbons (Fsp3) is 0.211. The molecule has 6 aromatic carbocycles. The average molecular weight is 493 g/mol. The molecule has 0 amide bonds. The largest absolute Gasteiger partial charge is 0.0654 e. The van der Waals surface area contributed by atoms with Crippen molar-refractivity contribution in [2.75, 3.05) is 0 Å². The van der Waals surface area contributed by atoms with Gasteiger partial charge < -0.3 is 0 Å². The third kappa shape index (κ3) is 4.84. The summed E-state index contributed by atoms with van der Waals surface area (Å²) >= 11 is 0. The molecule has 0 N–H and O–H groups in total. The van der Waals surface area contributed by atoms with Crippen molar-refractivity contribution >= 4 is 32.3 Å². The van der Waals surface area contributed by atoms with Gasteiger partial charge in [-0.15, -0.1) is 0 Å². The van der Waals surface area contributed by atoms with Crippen LogP contribution in [0.5, 0.6) is 0 Å². The Morgan fingerprint density at radius 2 is 0.737 bits per heavy atom. The Balaban J connectivity index is 1.33. The summed E-state index contributed by atoms with van der Waals surface area (Å²) in [5.41, 5.74) is 8.01.